The molecule has 2 heterocycles. The maximum Gasteiger partial charge on any atom is 0.226 e. The number of nitrogens with two attached hydrogens (primary N) is 1. The number of aromatic nitrogens is 2. The van der Waals surface area contributed by atoms with Crippen LogP contribution in [0.25, 0.3) is 11.3 Å². The van der Waals surface area contributed by atoms with Crippen molar-refractivity contribution in [2.45, 2.75) is 30.6 Å². The summed E-state index contributed by atoms with van der Waals surface area (Å²) in [7, 11) is 0. The molecular weight excluding hydrogens is 280 g/mol. The van der Waals surface area contributed by atoms with Gasteiger partial charge in [0.2, 0.25) is 5.95 Å². The molecule has 21 heavy (non-hydrogen) atoms. The SMILES string of the molecule is NSc1cccc(-c2nc(N3CCC3)nc3c2CCC3)c1. The van der Waals surface area contributed by atoms with E-state index in [0.29, 0.717) is 0 Å². The summed E-state index contributed by atoms with van der Waals surface area (Å²) in [6.45, 7) is 2.16. The van der Waals surface area contributed by atoms with Gasteiger partial charge in [-0.05, 0) is 49.8 Å². The molecule has 108 valence electrons. The number of benzene rings is 1. The largest absolute Gasteiger partial charge is 0.341 e. The molecule has 1 aromatic heterocycles. The zero-order valence-corrected chi connectivity index (χ0v) is 12.7. The normalized spacial score (nSPS) is 16.7. The quantitative estimate of drug-likeness (QED) is 0.883. The second kappa shape index (κ2) is 5.31. The van der Waals surface area contributed by atoms with Gasteiger partial charge in [-0.1, -0.05) is 12.1 Å². The molecule has 0 spiro atoms. The van der Waals surface area contributed by atoms with Gasteiger partial charge in [0.15, 0.2) is 0 Å². The van der Waals surface area contributed by atoms with E-state index in [-0.39, 0.29) is 0 Å². The fourth-order valence-electron chi connectivity index (χ4n) is 3.03. The predicted octanol–water partition coefficient (Wildman–Crippen LogP) is 2.81. The number of hydrogen-bond acceptors (Lipinski definition) is 5. The van der Waals surface area contributed by atoms with Crippen molar-refractivity contribution in [3.8, 4) is 11.3 Å². The van der Waals surface area contributed by atoms with E-state index in [2.05, 4.69) is 23.1 Å². The molecule has 1 aliphatic heterocycles. The Balaban J connectivity index is 1.84. The number of hydrogen-bond donors (Lipinski definition) is 1. The second-order valence-corrected chi connectivity index (χ2v) is 6.34. The molecule has 2 aliphatic rings. The summed E-state index contributed by atoms with van der Waals surface area (Å²) < 4.78 is 0. The molecule has 0 bridgehead atoms. The summed E-state index contributed by atoms with van der Waals surface area (Å²) in [5, 5.41) is 5.69. The molecule has 4 nitrogen and oxygen atoms in total. The van der Waals surface area contributed by atoms with E-state index in [9.17, 15) is 0 Å². The van der Waals surface area contributed by atoms with E-state index in [4.69, 9.17) is 15.1 Å². The molecule has 0 amide bonds. The van der Waals surface area contributed by atoms with Crippen LogP contribution in [0.4, 0.5) is 5.95 Å². The zero-order chi connectivity index (χ0) is 14.2. The Kier molecular flexibility index (Phi) is 3.31. The lowest BCUT2D eigenvalue weighted by Gasteiger charge is -2.31. The molecule has 1 saturated heterocycles. The van der Waals surface area contributed by atoms with E-state index in [0.717, 1.165) is 48.0 Å². The van der Waals surface area contributed by atoms with Crippen molar-refractivity contribution >= 4 is 17.9 Å². The van der Waals surface area contributed by atoms with Gasteiger partial charge in [-0.3, -0.25) is 5.14 Å². The second-order valence-electron chi connectivity index (χ2n) is 5.64. The highest BCUT2D eigenvalue weighted by Gasteiger charge is 2.24. The first-order valence-electron chi connectivity index (χ1n) is 7.47. The summed E-state index contributed by atoms with van der Waals surface area (Å²) in [5.74, 6) is 0.905. The van der Waals surface area contributed by atoms with Gasteiger partial charge >= 0.3 is 0 Å². The van der Waals surface area contributed by atoms with Crippen molar-refractivity contribution in [3.05, 3.63) is 35.5 Å². The fourth-order valence-corrected chi connectivity index (χ4v) is 3.38. The Morgan fingerprint density at radius 3 is 2.76 bits per heavy atom. The van der Waals surface area contributed by atoms with Crippen molar-refractivity contribution < 1.29 is 0 Å². The summed E-state index contributed by atoms with van der Waals surface area (Å²) >= 11 is 1.28. The van der Waals surface area contributed by atoms with Gasteiger partial charge in [-0.15, -0.1) is 0 Å². The van der Waals surface area contributed by atoms with Crippen LogP contribution in [0.1, 0.15) is 24.1 Å². The summed E-state index contributed by atoms with van der Waals surface area (Å²) in [6, 6.07) is 8.34. The van der Waals surface area contributed by atoms with Crippen LogP contribution < -0.4 is 10.0 Å². The van der Waals surface area contributed by atoms with E-state index < -0.39 is 0 Å². The number of aryl methyl sites for hydroxylation is 1. The third-order valence-corrected chi connectivity index (χ3v) is 4.83. The van der Waals surface area contributed by atoms with Crippen LogP contribution >= 0.6 is 11.9 Å². The molecule has 0 unspecified atom stereocenters. The van der Waals surface area contributed by atoms with Crippen molar-refractivity contribution in [1.29, 1.82) is 0 Å². The highest BCUT2D eigenvalue weighted by atomic mass is 32.2. The van der Waals surface area contributed by atoms with Crippen molar-refractivity contribution in [1.82, 2.24) is 9.97 Å². The molecule has 1 aromatic carbocycles. The molecule has 2 N–H and O–H groups in total. The standard InChI is InChI=1S/C16H18N4S/c17-21-12-5-1-4-11(10-12)15-13-6-2-7-14(13)18-16(19-15)20-8-3-9-20/h1,4-5,10H,2-3,6-9,17H2. The summed E-state index contributed by atoms with van der Waals surface area (Å²) in [5.41, 5.74) is 4.84. The topological polar surface area (TPSA) is 55.0 Å². The number of fused-ring (bicyclic) bond motifs is 1. The minimum Gasteiger partial charge on any atom is -0.341 e. The van der Waals surface area contributed by atoms with E-state index in [1.54, 1.807) is 0 Å². The predicted molar refractivity (Wildman–Crippen MR) is 86.4 cm³/mol. The van der Waals surface area contributed by atoms with Crippen LogP contribution in [0.5, 0.6) is 0 Å². The van der Waals surface area contributed by atoms with E-state index in [1.807, 2.05) is 6.07 Å². The Morgan fingerprint density at radius 2 is 2.00 bits per heavy atom. The molecule has 0 radical (unpaired) electrons. The van der Waals surface area contributed by atoms with Gasteiger partial charge in [0, 0.05) is 34.8 Å². The van der Waals surface area contributed by atoms with Gasteiger partial charge in [0.05, 0.1) is 5.69 Å². The minimum absolute atomic E-state index is 0.905. The van der Waals surface area contributed by atoms with Crippen molar-refractivity contribution in [2.75, 3.05) is 18.0 Å². The maximum atomic E-state index is 5.69. The van der Waals surface area contributed by atoms with Crippen LogP contribution in [0.2, 0.25) is 0 Å². The smallest absolute Gasteiger partial charge is 0.226 e. The van der Waals surface area contributed by atoms with E-state index >= 15 is 0 Å². The first kappa shape index (κ1) is 13.1. The number of nitrogens with zero attached hydrogens (tertiary/aromatic N) is 3. The third kappa shape index (κ3) is 2.30. The molecule has 1 fully saturated rings. The minimum atomic E-state index is 0.905. The number of rotatable bonds is 3. The molecule has 5 heteroatoms. The van der Waals surface area contributed by atoms with E-state index in [1.165, 1.54) is 36.0 Å². The monoisotopic (exact) mass is 298 g/mol. The average molecular weight is 298 g/mol. The number of anilines is 1. The molecular formula is C16H18N4S. The van der Waals surface area contributed by atoms with Gasteiger partial charge in [0.25, 0.3) is 0 Å². The highest BCUT2D eigenvalue weighted by Crippen LogP contribution is 2.33. The summed E-state index contributed by atoms with van der Waals surface area (Å²) in [6.07, 6.45) is 4.60. The molecule has 0 atom stereocenters. The van der Waals surface area contributed by atoms with Gasteiger partial charge < -0.3 is 4.90 Å². The Morgan fingerprint density at radius 1 is 1.10 bits per heavy atom. The molecule has 4 rings (SSSR count). The average Bonchev–Trinajstić information content (AvgIpc) is 2.93. The van der Waals surface area contributed by atoms with Crippen LogP contribution in [0.15, 0.2) is 29.2 Å². The Labute approximate surface area is 128 Å². The summed E-state index contributed by atoms with van der Waals surface area (Å²) in [4.78, 5) is 13.0. The first-order chi connectivity index (χ1) is 10.3. The Hall–Kier alpha value is -1.59. The lowest BCUT2D eigenvalue weighted by molar-refractivity contribution is 0.599. The highest BCUT2D eigenvalue weighted by molar-refractivity contribution is 7.97. The fraction of sp³-hybridized carbons (Fsp3) is 0.375. The van der Waals surface area contributed by atoms with Crippen LogP contribution in [-0.2, 0) is 12.8 Å². The Bertz CT molecular complexity index is 682. The molecule has 0 saturated carbocycles. The van der Waals surface area contributed by atoms with Crippen LogP contribution in [0.3, 0.4) is 0 Å². The lowest BCUT2D eigenvalue weighted by atomic mass is 10.1. The van der Waals surface area contributed by atoms with Crippen molar-refractivity contribution in [3.63, 3.8) is 0 Å². The maximum absolute atomic E-state index is 5.69. The van der Waals surface area contributed by atoms with Crippen molar-refractivity contribution in [2.24, 2.45) is 5.14 Å². The van der Waals surface area contributed by atoms with Crippen LogP contribution in [-0.4, -0.2) is 23.1 Å². The first-order valence-corrected chi connectivity index (χ1v) is 8.35. The third-order valence-electron chi connectivity index (χ3n) is 4.30. The van der Waals surface area contributed by atoms with Gasteiger partial charge in [-0.25, -0.2) is 9.97 Å². The van der Waals surface area contributed by atoms with Crippen LogP contribution in [0, 0.1) is 0 Å². The zero-order valence-electron chi connectivity index (χ0n) is 11.9. The van der Waals surface area contributed by atoms with Gasteiger partial charge in [0.1, 0.15) is 0 Å². The lowest BCUT2D eigenvalue weighted by Crippen LogP contribution is -2.38. The molecule has 1 aliphatic carbocycles. The van der Waals surface area contributed by atoms with Gasteiger partial charge in [-0.2, -0.15) is 0 Å². The molecule has 2 aromatic rings.